The van der Waals surface area contributed by atoms with Crippen molar-refractivity contribution in [2.24, 2.45) is 0 Å². The van der Waals surface area contributed by atoms with Gasteiger partial charge in [-0.3, -0.25) is 0 Å². The van der Waals surface area contributed by atoms with E-state index in [0.717, 1.165) is 26.2 Å². The van der Waals surface area contributed by atoms with E-state index in [1.54, 1.807) is 0 Å². The zero-order valence-electron chi connectivity index (χ0n) is 12.2. The fourth-order valence-corrected chi connectivity index (χ4v) is 2.43. The molecule has 1 aliphatic heterocycles. The molecule has 0 aromatic heterocycles. The molecule has 0 radical (unpaired) electrons. The first-order valence-electron chi connectivity index (χ1n) is 7.27. The summed E-state index contributed by atoms with van der Waals surface area (Å²) in [5.41, 5.74) is 2.69. The van der Waals surface area contributed by atoms with Crippen LogP contribution in [-0.4, -0.2) is 26.0 Å². The minimum absolute atomic E-state index is 0.0613. The zero-order valence-corrected chi connectivity index (χ0v) is 12.2. The monoisotopic (exact) mass is 263 g/mol. The standard InChI is InChI=1S/C16H25NO2/c1-4-17-15(11-16-18-9-10-19-16)14-7-5-13(6-8-14)12(2)3/h5-8,12,15-17H,4,9-11H2,1-3H3. The second-order valence-electron chi connectivity index (χ2n) is 5.34. The normalized spacial score (nSPS) is 18.1. The Labute approximate surface area is 116 Å². The number of hydrogen-bond acceptors (Lipinski definition) is 3. The number of hydrogen-bond donors (Lipinski definition) is 1. The van der Waals surface area contributed by atoms with Crippen molar-refractivity contribution in [3.63, 3.8) is 0 Å². The van der Waals surface area contributed by atoms with Crippen LogP contribution in [0.4, 0.5) is 0 Å². The van der Waals surface area contributed by atoms with Crippen LogP contribution in [0.1, 0.15) is 50.3 Å². The molecule has 2 rings (SSSR count). The first-order chi connectivity index (χ1) is 9.20. The summed E-state index contributed by atoms with van der Waals surface area (Å²) in [5.74, 6) is 0.577. The summed E-state index contributed by atoms with van der Waals surface area (Å²) in [7, 11) is 0. The lowest BCUT2D eigenvalue weighted by atomic mass is 9.97. The minimum Gasteiger partial charge on any atom is -0.350 e. The van der Waals surface area contributed by atoms with Gasteiger partial charge < -0.3 is 14.8 Å². The number of rotatable bonds is 6. The van der Waals surface area contributed by atoms with Crippen LogP contribution < -0.4 is 5.32 Å². The summed E-state index contributed by atoms with van der Waals surface area (Å²) in [6.07, 6.45) is 0.809. The quantitative estimate of drug-likeness (QED) is 0.855. The maximum Gasteiger partial charge on any atom is 0.159 e. The van der Waals surface area contributed by atoms with Gasteiger partial charge in [-0.15, -0.1) is 0 Å². The molecule has 1 atom stereocenters. The third kappa shape index (κ3) is 4.03. The van der Waals surface area contributed by atoms with Gasteiger partial charge in [0.1, 0.15) is 0 Å². The minimum atomic E-state index is -0.0613. The van der Waals surface area contributed by atoms with Crippen LogP contribution in [0.5, 0.6) is 0 Å². The first-order valence-corrected chi connectivity index (χ1v) is 7.27. The van der Waals surface area contributed by atoms with Gasteiger partial charge in [-0.25, -0.2) is 0 Å². The Bertz CT molecular complexity index is 369. The van der Waals surface area contributed by atoms with Crippen molar-refractivity contribution in [3.8, 4) is 0 Å². The second kappa shape index (κ2) is 7.04. The number of nitrogens with one attached hydrogen (secondary N) is 1. The van der Waals surface area contributed by atoms with Crippen LogP contribution in [0.3, 0.4) is 0 Å². The smallest absolute Gasteiger partial charge is 0.159 e. The van der Waals surface area contributed by atoms with Crippen LogP contribution >= 0.6 is 0 Å². The predicted molar refractivity (Wildman–Crippen MR) is 77.3 cm³/mol. The second-order valence-corrected chi connectivity index (χ2v) is 5.34. The van der Waals surface area contributed by atoms with Gasteiger partial charge >= 0.3 is 0 Å². The van der Waals surface area contributed by atoms with Crippen LogP contribution in [-0.2, 0) is 9.47 Å². The van der Waals surface area contributed by atoms with Crippen LogP contribution in [0.25, 0.3) is 0 Å². The van der Waals surface area contributed by atoms with Gasteiger partial charge in [0.2, 0.25) is 0 Å². The molecular weight excluding hydrogens is 238 g/mol. The lowest BCUT2D eigenvalue weighted by Crippen LogP contribution is -2.25. The van der Waals surface area contributed by atoms with Crippen molar-refractivity contribution in [2.75, 3.05) is 19.8 Å². The molecule has 1 saturated heterocycles. The van der Waals surface area contributed by atoms with Gasteiger partial charge in [0.25, 0.3) is 0 Å². The summed E-state index contributed by atoms with van der Waals surface area (Å²) in [5, 5.41) is 3.51. The van der Waals surface area contributed by atoms with Gasteiger partial charge in [0, 0.05) is 12.5 Å². The Kier molecular flexibility index (Phi) is 5.37. The molecule has 0 bridgehead atoms. The number of benzene rings is 1. The molecule has 1 unspecified atom stereocenters. The lowest BCUT2D eigenvalue weighted by molar-refractivity contribution is -0.0529. The highest BCUT2D eigenvalue weighted by atomic mass is 16.7. The van der Waals surface area contributed by atoms with E-state index in [2.05, 4.69) is 50.4 Å². The Balaban J connectivity index is 2.04. The molecule has 1 aromatic rings. The maximum absolute atomic E-state index is 5.55. The molecule has 1 fully saturated rings. The van der Waals surface area contributed by atoms with E-state index >= 15 is 0 Å². The third-order valence-electron chi connectivity index (χ3n) is 3.57. The third-order valence-corrected chi connectivity index (χ3v) is 3.57. The van der Waals surface area contributed by atoms with E-state index in [1.165, 1.54) is 11.1 Å². The van der Waals surface area contributed by atoms with E-state index in [4.69, 9.17) is 9.47 Å². The Hall–Kier alpha value is -0.900. The zero-order chi connectivity index (χ0) is 13.7. The Morgan fingerprint density at radius 2 is 1.68 bits per heavy atom. The number of ether oxygens (including phenoxy) is 2. The largest absolute Gasteiger partial charge is 0.350 e. The van der Waals surface area contributed by atoms with Crippen molar-refractivity contribution in [1.29, 1.82) is 0 Å². The summed E-state index contributed by atoms with van der Waals surface area (Å²) in [4.78, 5) is 0. The molecular formula is C16H25NO2. The molecule has 1 aromatic carbocycles. The average molecular weight is 263 g/mol. The molecule has 0 amide bonds. The summed E-state index contributed by atoms with van der Waals surface area (Å²) >= 11 is 0. The topological polar surface area (TPSA) is 30.5 Å². The Morgan fingerprint density at radius 1 is 1.11 bits per heavy atom. The van der Waals surface area contributed by atoms with Crippen LogP contribution in [0.2, 0.25) is 0 Å². The van der Waals surface area contributed by atoms with Gasteiger partial charge in [0.05, 0.1) is 13.2 Å². The Morgan fingerprint density at radius 3 is 2.21 bits per heavy atom. The van der Waals surface area contributed by atoms with Gasteiger partial charge in [0.15, 0.2) is 6.29 Å². The van der Waals surface area contributed by atoms with Crippen LogP contribution in [0.15, 0.2) is 24.3 Å². The summed E-state index contributed by atoms with van der Waals surface area (Å²) < 4.78 is 11.1. The van der Waals surface area contributed by atoms with E-state index in [1.807, 2.05) is 0 Å². The molecule has 1 N–H and O–H groups in total. The van der Waals surface area contributed by atoms with Crippen molar-refractivity contribution >= 4 is 0 Å². The molecule has 0 saturated carbocycles. The molecule has 3 nitrogen and oxygen atoms in total. The fraction of sp³-hybridized carbons (Fsp3) is 0.625. The molecule has 19 heavy (non-hydrogen) atoms. The van der Waals surface area contributed by atoms with E-state index < -0.39 is 0 Å². The van der Waals surface area contributed by atoms with Crippen molar-refractivity contribution in [3.05, 3.63) is 35.4 Å². The van der Waals surface area contributed by atoms with Gasteiger partial charge in [-0.05, 0) is 23.6 Å². The SMILES string of the molecule is CCNC(CC1OCCO1)c1ccc(C(C)C)cc1. The summed E-state index contributed by atoms with van der Waals surface area (Å²) in [6, 6.07) is 9.19. The predicted octanol–water partition coefficient (Wildman–Crippen LogP) is 3.22. The summed E-state index contributed by atoms with van der Waals surface area (Å²) in [6.45, 7) is 8.95. The van der Waals surface area contributed by atoms with E-state index in [0.29, 0.717) is 12.0 Å². The van der Waals surface area contributed by atoms with Gasteiger partial charge in [-0.1, -0.05) is 45.0 Å². The van der Waals surface area contributed by atoms with Crippen LogP contribution in [0, 0.1) is 0 Å². The maximum atomic E-state index is 5.55. The van der Waals surface area contributed by atoms with Gasteiger partial charge in [-0.2, -0.15) is 0 Å². The highest BCUT2D eigenvalue weighted by molar-refractivity contribution is 5.27. The van der Waals surface area contributed by atoms with Crippen molar-refractivity contribution in [2.45, 2.75) is 45.4 Å². The van der Waals surface area contributed by atoms with E-state index in [9.17, 15) is 0 Å². The lowest BCUT2D eigenvalue weighted by Gasteiger charge is -2.21. The average Bonchev–Trinajstić information content (AvgIpc) is 2.91. The first kappa shape index (κ1) is 14.5. The molecule has 1 aliphatic rings. The highest BCUT2D eigenvalue weighted by Crippen LogP contribution is 2.24. The van der Waals surface area contributed by atoms with E-state index in [-0.39, 0.29) is 6.29 Å². The van der Waals surface area contributed by atoms with Crippen molar-refractivity contribution in [1.82, 2.24) is 5.32 Å². The highest BCUT2D eigenvalue weighted by Gasteiger charge is 2.22. The molecule has 1 heterocycles. The molecule has 0 spiro atoms. The van der Waals surface area contributed by atoms with Crippen molar-refractivity contribution < 1.29 is 9.47 Å². The molecule has 3 heteroatoms. The molecule has 106 valence electrons. The fourth-order valence-electron chi connectivity index (χ4n) is 2.43. The molecule has 0 aliphatic carbocycles.